The smallest absolute Gasteiger partial charge is 0.338 e. The molecule has 1 unspecified atom stereocenters. The topological polar surface area (TPSA) is 89.2 Å². The molecule has 2 aliphatic rings. The Kier molecular flexibility index (Phi) is 4.81. The first-order valence-electron chi connectivity index (χ1n) is 9.54. The van der Waals surface area contributed by atoms with Crippen molar-refractivity contribution in [3.8, 4) is 11.5 Å². The van der Waals surface area contributed by atoms with Gasteiger partial charge >= 0.3 is 6.03 Å². The number of nitrogens with one attached hydrogen (secondary N) is 1. The van der Waals surface area contributed by atoms with Crippen LogP contribution in [0, 0.1) is 0 Å². The number of para-hydroxylation sites is 1. The third-order valence-electron chi connectivity index (χ3n) is 5.06. The fourth-order valence-electron chi connectivity index (χ4n) is 3.47. The van der Waals surface area contributed by atoms with Crippen LogP contribution < -0.4 is 20.5 Å². The number of carbonyl (C=O) groups excluding carboxylic acids is 1. The van der Waals surface area contributed by atoms with E-state index >= 15 is 0 Å². The van der Waals surface area contributed by atoms with Gasteiger partial charge in [0.05, 0.1) is 6.04 Å². The summed E-state index contributed by atoms with van der Waals surface area (Å²) >= 11 is 0. The summed E-state index contributed by atoms with van der Waals surface area (Å²) in [6, 6.07) is 10.9. The molecule has 0 saturated heterocycles. The predicted octanol–water partition coefficient (Wildman–Crippen LogP) is 3.64. The van der Waals surface area contributed by atoms with Crippen LogP contribution in [0.4, 0.5) is 10.5 Å². The van der Waals surface area contributed by atoms with Crippen LogP contribution in [0.5, 0.6) is 11.5 Å². The summed E-state index contributed by atoms with van der Waals surface area (Å²) in [5, 5.41) is 9.14. The van der Waals surface area contributed by atoms with Crippen LogP contribution >= 0.6 is 0 Å². The fourth-order valence-corrected chi connectivity index (χ4v) is 3.47. The third kappa shape index (κ3) is 3.13. The Hall–Kier alpha value is -3.22. The lowest BCUT2D eigenvalue weighted by molar-refractivity contribution is 0.173. The normalized spacial score (nSPS) is 17.1. The molecule has 7 nitrogen and oxygen atoms in total. The molecule has 2 aliphatic heterocycles. The van der Waals surface area contributed by atoms with E-state index in [1.807, 2.05) is 43.3 Å². The highest BCUT2D eigenvalue weighted by molar-refractivity contribution is 6.17. The molecule has 2 aromatic carbocycles. The molecular formula is C21H24N4O3. The second kappa shape index (κ2) is 7.42. The van der Waals surface area contributed by atoms with Crippen molar-refractivity contribution in [2.75, 3.05) is 19.1 Å². The van der Waals surface area contributed by atoms with Gasteiger partial charge in [-0.15, -0.1) is 0 Å². The molecule has 1 atom stereocenters. The van der Waals surface area contributed by atoms with Crippen LogP contribution in [0.1, 0.15) is 49.4 Å². The number of ether oxygens (including phenoxy) is 2. The van der Waals surface area contributed by atoms with E-state index < -0.39 is 0 Å². The zero-order chi connectivity index (χ0) is 19.7. The molecule has 2 amide bonds. The van der Waals surface area contributed by atoms with E-state index in [1.165, 1.54) is 5.01 Å². The lowest BCUT2D eigenvalue weighted by Crippen LogP contribution is -2.41. The van der Waals surface area contributed by atoms with Crippen LogP contribution in [0.25, 0.3) is 0 Å². The number of nitrogens with zero attached hydrogens (tertiary/aromatic N) is 2. The fraction of sp³-hybridized carbons (Fsp3) is 0.333. The minimum absolute atomic E-state index is 0.188. The van der Waals surface area contributed by atoms with Crippen molar-refractivity contribution in [3.05, 3.63) is 53.1 Å². The van der Waals surface area contributed by atoms with Gasteiger partial charge in [0.2, 0.25) is 6.79 Å². The molecule has 0 bridgehead atoms. The van der Waals surface area contributed by atoms with E-state index in [1.54, 1.807) is 0 Å². The summed E-state index contributed by atoms with van der Waals surface area (Å²) in [7, 11) is 0. The van der Waals surface area contributed by atoms with Gasteiger partial charge in [-0.2, -0.15) is 5.10 Å². The third-order valence-corrected chi connectivity index (χ3v) is 5.06. The minimum atomic E-state index is -0.250. The van der Waals surface area contributed by atoms with Gasteiger partial charge in [-0.1, -0.05) is 31.5 Å². The molecule has 0 aliphatic carbocycles. The summed E-state index contributed by atoms with van der Waals surface area (Å²) < 4.78 is 11.1. The zero-order valence-corrected chi connectivity index (χ0v) is 16.1. The summed E-state index contributed by atoms with van der Waals surface area (Å²) in [6.45, 7) is 4.84. The Morgan fingerprint density at radius 2 is 2.00 bits per heavy atom. The van der Waals surface area contributed by atoms with E-state index in [9.17, 15) is 4.79 Å². The second-order valence-electron chi connectivity index (χ2n) is 6.93. The van der Waals surface area contributed by atoms with E-state index in [-0.39, 0.29) is 18.9 Å². The molecule has 3 N–H and O–H groups in total. The first kappa shape index (κ1) is 18.2. The van der Waals surface area contributed by atoms with Crippen LogP contribution in [-0.2, 0) is 0 Å². The van der Waals surface area contributed by atoms with Gasteiger partial charge in [0.15, 0.2) is 11.5 Å². The highest BCUT2D eigenvalue weighted by Crippen LogP contribution is 2.41. The number of benzene rings is 2. The van der Waals surface area contributed by atoms with Gasteiger partial charge in [0.1, 0.15) is 5.71 Å². The van der Waals surface area contributed by atoms with Crippen molar-refractivity contribution in [1.82, 2.24) is 10.3 Å². The van der Waals surface area contributed by atoms with Crippen molar-refractivity contribution < 1.29 is 14.3 Å². The van der Waals surface area contributed by atoms with Gasteiger partial charge < -0.3 is 20.5 Å². The molecule has 7 heteroatoms. The number of hydrazone groups is 1. The van der Waals surface area contributed by atoms with Gasteiger partial charge in [0.25, 0.3) is 0 Å². The molecule has 0 radical (unpaired) electrons. The maximum Gasteiger partial charge on any atom is 0.338 e. The number of hydrogen-bond acceptors (Lipinski definition) is 5. The molecule has 2 aromatic rings. The van der Waals surface area contributed by atoms with Crippen LogP contribution in [0.15, 0.2) is 41.5 Å². The zero-order valence-electron chi connectivity index (χ0n) is 16.1. The maximum absolute atomic E-state index is 12.8. The first-order chi connectivity index (χ1) is 13.6. The van der Waals surface area contributed by atoms with Gasteiger partial charge in [-0.05, 0) is 37.1 Å². The van der Waals surface area contributed by atoms with Gasteiger partial charge in [-0.3, -0.25) is 0 Å². The second-order valence-corrected chi connectivity index (χ2v) is 6.93. The maximum atomic E-state index is 12.8. The predicted molar refractivity (Wildman–Crippen MR) is 108 cm³/mol. The lowest BCUT2D eigenvalue weighted by atomic mass is 9.91. The van der Waals surface area contributed by atoms with Crippen LogP contribution in [-0.4, -0.2) is 30.1 Å². The number of nitrogens with two attached hydrogens (primary N) is 1. The molecule has 0 fully saturated rings. The molecule has 0 aromatic heterocycles. The van der Waals surface area contributed by atoms with E-state index in [4.69, 9.17) is 20.3 Å². The number of amides is 2. The number of unbranched alkanes of at least 4 members (excludes halogenated alkanes) is 1. The van der Waals surface area contributed by atoms with Gasteiger partial charge in [0, 0.05) is 23.4 Å². The lowest BCUT2D eigenvalue weighted by Gasteiger charge is -2.32. The number of carbonyl (C=O) groups is 1. The highest BCUT2D eigenvalue weighted by atomic mass is 16.7. The largest absolute Gasteiger partial charge is 0.454 e. The molecular weight excluding hydrogens is 356 g/mol. The SMILES string of the molecule is CCCCNC(=O)N1N=C(c2ccccc2N)c2cc3c(cc2C1C)OCO3. The van der Waals surface area contributed by atoms with Gasteiger partial charge in [-0.25, -0.2) is 9.80 Å². The summed E-state index contributed by atoms with van der Waals surface area (Å²) in [5.74, 6) is 1.35. The molecule has 0 saturated carbocycles. The highest BCUT2D eigenvalue weighted by Gasteiger charge is 2.33. The minimum Gasteiger partial charge on any atom is -0.454 e. The van der Waals surface area contributed by atoms with Crippen molar-refractivity contribution in [2.45, 2.75) is 32.7 Å². The molecule has 28 heavy (non-hydrogen) atoms. The molecule has 0 spiro atoms. The van der Waals surface area contributed by atoms with Crippen LogP contribution in [0.2, 0.25) is 0 Å². The number of urea groups is 1. The Morgan fingerprint density at radius 3 is 2.75 bits per heavy atom. The van der Waals surface area contributed by atoms with Crippen molar-refractivity contribution >= 4 is 17.4 Å². The Morgan fingerprint density at radius 1 is 1.25 bits per heavy atom. The number of rotatable bonds is 4. The van der Waals surface area contributed by atoms with Crippen molar-refractivity contribution in [1.29, 1.82) is 0 Å². The molecule has 4 rings (SSSR count). The Balaban J connectivity index is 1.80. The average molecular weight is 380 g/mol. The monoisotopic (exact) mass is 380 g/mol. The first-order valence-corrected chi connectivity index (χ1v) is 9.54. The molecule has 146 valence electrons. The average Bonchev–Trinajstić information content (AvgIpc) is 3.15. The Labute approximate surface area is 164 Å². The van der Waals surface area contributed by atoms with E-state index in [2.05, 4.69) is 12.2 Å². The summed E-state index contributed by atoms with van der Waals surface area (Å²) in [5.41, 5.74) is 10.1. The number of nitrogen functional groups attached to an aromatic ring is 1. The van der Waals surface area contributed by atoms with E-state index in [0.29, 0.717) is 29.4 Å². The number of hydrogen-bond donors (Lipinski definition) is 2. The van der Waals surface area contributed by atoms with E-state index in [0.717, 1.165) is 29.5 Å². The molecule has 2 heterocycles. The van der Waals surface area contributed by atoms with Crippen LogP contribution in [0.3, 0.4) is 0 Å². The van der Waals surface area contributed by atoms with Crippen molar-refractivity contribution in [3.63, 3.8) is 0 Å². The van der Waals surface area contributed by atoms with Crippen molar-refractivity contribution in [2.24, 2.45) is 5.10 Å². The Bertz CT molecular complexity index is 941. The number of fused-ring (bicyclic) bond motifs is 2. The quantitative estimate of drug-likeness (QED) is 0.626. The summed E-state index contributed by atoms with van der Waals surface area (Å²) in [4.78, 5) is 12.8. The summed E-state index contributed by atoms with van der Waals surface area (Å²) in [6.07, 6.45) is 1.93. The number of anilines is 1. The standard InChI is InChI=1S/C21H24N4O3/c1-3-4-9-23-21(26)25-13(2)15-10-18-19(28-12-27-18)11-16(15)20(24-25)14-7-5-6-8-17(14)22/h5-8,10-11,13H,3-4,9,12,22H2,1-2H3,(H,23,26).